The molecule has 2 N–H and O–H groups in total. The van der Waals surface area contributed by atoms with E-state index in [1.165, 1.54) is 5.57 Å². The van der Waals surface area contributed by atoms with E-state index in [1.54, 1.807) is 0 Å². The lowest BCUT2D eigenvalue weighted by atomic mass is 9.56. The molecule has 0 amide bonds. The van der Waals surface area contributed by atoms with Crippen LogP contribution >= 0.6 is 0 Å². The van der Waals surface area contributed by atoms with E-state index in [-0.39, 0.29) is 34.8 Å². The van der Waals surface area contributed by atoms with Gasteiger partial charge in [0.1, 0.15) is 18.1 Å². The molecule has 1 aliphatic heterocycles. The number of nitrogens with zero attached hydrogens (tertiary/aromatic N) is 2. The topological polar surface area (TPSA) is 77.3 Å². The number of hydrogen-bond acceptors (Lipinski definition) is 5. The fraction of sp³-hybridized carbons (Fsp3) is 0.588. The number of fused-ring (bicyclic) bond motifs is 3. The number of hydrogen-bond donors (Lipinski definition) is 2. The normalized spacial score (nSPS) is 37.2. The van der Waals surface area contributed by atoms with E-state index in [0.29, 0.717) is 0 Å². The van der Waals surface area contributed by atoms with Gasteiger partial charge in [-0.05, 0) is 25.7 Å². The Bertz CT molecular complexity index is 667. The fourth-order valence-corrected chi connectivity index (χ4v) is 4.26. The maximum atomic E-state index is 12.3. The third-order valence-electron chi connectivity index (χ3n) is 5.35. The predicted octanol–water partition coefficient (Wildman–Crippen LogP) is 1.89. The van der Waals surface area contributed by atoms with Crippen LogP contribution in [0.2, 0.25) is 0 Å². The van der Waals surface area contributed by atoms with Gasteiger partial charge in [-0.25, -0.2) is 0 Å². The lowest BCUT2D eigenvalue weighted by Crippen LogP contribution is -2.51. The summed E-state index contributed by atoms with van der Waals surface area (Å²) in [5.41, 5.74) is 2.16. The maximum absolute atomic E-state index is 12.3. The quantitative estimate of drug-likeness (QED) is 0.775. The predicted molar refractivity (Wildman–Crippen MR) is 84.8 cm³/mol. The average Bonchev–Trinajstić information content (AvgIpc) is 2.50. The van der Waals surface area contributed by atoms with Gasteiger partial charge in [-0.2, -0.15) is 5.26 Å². The lowest BCUT2D eigenvalue weighted by molar-refractivity contribution is -0.121. The SMILES string of the molecule is CNC1=C2CC[C@H]3[C@H](C)C(=O)C(C#N)=C[C@]3(C)C2=NC(C)N1. The molecule has 5 nitrogen and oxygen atoms in total. The van der Waals surface area contributed by atoms with E-state index in [0.717, 1.165) is 24.4 Å². The summed E-state index contributed by atoms with van der Waals surface area (Å²) in [6, 6.07) is 2.08. The molecule has 2 aliphatic carbocycles. The molecule has 1 saturated carbocycles. The summed E-state index contributed by atoms with van der Waals surface area (Å²) in [5, 5.41) is 15.9. The third kappa shape index (κ3) is 1.90. The molecular formula is C17H22N4O. The second-order valence-electron chi connectivity index (χ2n) is 6.65. The highest BCUT2D eigenvalue weighted by molar-refractivity contribution is 6.11. The Morgan fingerprint density at radius 2 is 2.23 bits per heavy atom. The fourth-order valence-electron chi connectivity index (χ4n) is 4.26. The van der Waals surface area contributed by atoms with Gasteiger partial charge < -0.3 is 10.6 Å². The summed E-state index contributed by atoms with van der Waals surface area (Å²) in [7, 11) is 1.91. The molecule has 116 valence electrons. The van der Waals surface area contributed by atoms with Crippen molar-refractivity contribution in [3.05, 3.63) is 23.0 Å². The van der Waals surface area contributed by atoms with Crippen LogP contribution < -0.4 is 10.6 Å². The highest BCUT2D eigenvalue weighted by Gasteiger charge is 2.51. The Hall–Kier alpha value is -2.09. The van der Waals surface area contributed by atoms with Crippen molar-refractivity contribution >= 4 is 11.5 Å². The lowest BCUT2D eigenvalue weighted by Gasteiger charge is -2.48. The van der Waals surface area contributed by atoms with Gasteiger partial charge in [0.25, 0.3) is 0 Å². The minimum Gasteiger partial charge on any atom is -0.375 e. The Labute approximate surface area is 131 Å². The van der Waals surface area contributed by atoms with Gasteiger partial charge >= 0.3 is 0 Å². The van der Waals surface area contributed by atoms with E-state index < -0.39 is 0 Å². The van der Waals surface area contributed by atoms with Crippen LogP contribution in [0.1, 0.15) is 33.6 Å². The number of nitriles is 1. The Balaban J connectivity index is 2.19. The second-order valence-corrected chi connectivity index (χ2v) is 6.65. The maximum Gasteiger partial charge on any atom is 0.176 e. The first-order chi connectivity index (χ1) is 10.4. The summed E-state index contributed by atoms with van der Waals surface area (Å²) < 4.78 is 0. The number of nitrogens with one attached hydrogen (secondary N) is 2. The largest absolute Gasteiger partial charge is 0.375 e. The van der Waals surface area contributed by atoms with Crippen LogP contribution in [0.3, 0.4) is 0 Å². The first-order valence-corrected chi connectivity index (χ1v) is 7.85. The number of allylic oxidation sites excluding steroid dienone is 3. The van der Waals surface area contributed by atoms with Gasteiger partial charge in [0.05, 0.1) is 11.3 Å². The van der Waals surface area contributed by atoms with Gasteiger partial charge in [0.2, 0.25) is 0 Å². The van der Waals surface area contributed by atoms with Crippen molar-refractivity contribution in [3.63, 3.8) is 0 Å². The van der Waals surface area contributed by atoms with Crippen LogP contribution in [0.4, 0.5) is 0 Å². The van der Waals surface area contributed by atoms with Crippen molar-refractivity contribution in [3.8, 4) is 6.07 Å². The molecule has 0 aromatic carbocycles. The zero-order chi connectivity index (χ0) is 16.1. The van der Waals surface area contributed by atoms with E-state index >= 15 is 0 Å². The molecule has 3 rings (SSSR count). The van der Waals surface area contributed by atoms with Crippen LogP contribution in [0.15, 0.2) is 28.0 Å². The van der Waals surface area contributed by atoms with Crippen molar-refractivity contribution < 1.29 is 4.79 Å². The van der Waals surface area contributed by atoms with E-state index in [9.17, 15) is 10.1 Å². The number of ketones is 1. The molecule has 1 unspecified atom stereocenters. The van der Waals surface area contributed by atoms with Crippen molar-refractivity contribution in [2.24, 2.45) is 22.2 Å². The molecule has 22 heavy (non-hydrogen) atoms. The third-order valence-corrected chi connectivity index (χ3v) is 5.35. The zero-order valence-electron chi connectivity index (χ0n) is 13.5. The standard InChI is InChI=1S/C17H22N4O/c1-9-13-6-5-12-15(20-10(2)21-16(12)19-4)17(13,3)7-11(8-18)14(9)22/h7,9-10,13,19,21H,5-6H2,1-4H3/t9-,10?,13-,17-/m0/s1. The Morgan fingerprint density at radius 1 is 1.50 bits per heavy atom. The summed E-state index contributed by atoms with van der Waals surface area (Å²) in [5.74, 6) is 1.09. The monoisotopic (exact) mass is 298 g/mol. The Kier molecular flexibility index (Phi) is 3.36. The van der Waals surface area contributed by atoms with Crippen molar-refractivity contribution in [2.45, 2.75) is 39.8 Å². The summed E-state index contributed by atoms with van der Waals surface area (Å²) in [6.07, 6.45) is 3.70. The number of rotatable bonds is 1. The van der Waals surface area contributed by atoms with E-state index in [1.807, 2.05) is 27.0 Å². The van der Waals surface area contributed by atoms with Crippen molar-refractivity contribution in [1.29, 1.82) is 5.26 Å². The van der Waals surface area contributed by atoms with Gasteiger partial charge in [0, 0.05) is 24.0 Å². The highest BCUT2D eigenvalue weighted by Crippen LogP contribution is 2.51. The van der Waals surface area contributed by atoms with Gasteiger partial charge in [-0.1, -0.05) is 19.9 Å². The summed E-state index contributed by atoms with van der Waals surface area (Å²) >= 11 is 0. The minimum atomic E-state index is -0.343. The van der Waals surface area contributed by atoms with E-state index in [4.69, 9.17) is 4.99 Å². The zero-order valence-corrected chi connectivity index (χ0v) is 13.5. The summed E-state index contributed by atoms with van der Waals surface area (Å²) in [4.78, 5) is 17.2. The molecule has 0 spiro atoms. The highest BCUT2D eigenvalue weighted by atomic mass is 16.1. The van der Waals surface area contributed by atoms with Crippen LogP contribution in [0.25, 0.3) is 0 Å². The van der Waals surface area contributed by atoms with Crippen LogP contribution in [0, 0.1) is 28.6 Å². The van der Waals surface area contributed by atoms with Crippen LogP contribution in [-0.4, -0.2) is 24.7 Å². The molecule has 0 saturated heterocycles. The number of carbonyl (C=O) groups excluding carboxylic acids is 1. The smallest absolute Gasteiger partial charge is 0.176 e. The molecule has 3 aliphatic rings. The number of carbonyl (C=O) groups is 1. The molecular weight excluding hydrogens is 276 g/mol. The molecule has 0 bridgehead atoms. The average molecular weight is 298 g/mol. The van der Waals surface area contributed by atoms with Gasteiger partial charge in [-0.15, -0.1) is 0 Å². The van der Waals surface area contributed by atoms with Crippen molar-refractivity contribution in [1.82, 2.24) is 10.6 Å². The molecule has 0 aromatic heterocycles. The van der Waals surface area contributed by atoms with E-state index in [2.05, 4.69) is 23.6 Å². The second kappa shape index (κ2) is 4.98. The van der Waals surface area contributed by atoms with Gasteiger partial charge in [0.15, 0.2) is 5.78 Å². The van der Waals surface area contributed by atoms with Crippen LogP contribution in [0.5, 0.6) is 0 Å². The molecule has 1 fully saturated rings. The van der Waals surface area contributed by atoms with Crippen LogP contribution in [-0.2, 0) is 4.79 Å². The first-order valence-electron chi connectivity index (χ1n) is 7.85. The molecule has 0 aromatic rings. The molecule has 4 atom stereocenters. The number of aliphatic imine (C=N–C) groups is 1. The minimum absolute atomic E-state index is 0.0105. The molecule has 0 radical (unpaired) electrons. The first kappa shape index (κ1) is 14.8. The summed E-state index contributed by atoms with van der Waals surface area (Å²) in [6.45, 7) is 6.09. The number of Topliss-reactive ketones (excluding diaryl/α,β-unsaturated/α-hetero) is 1. The van der Waals surface area contributed by atoms with Crippen molar-refractivity contribution in [2.75, 3.05) is 7.05 Å². The Morgan fingerprint density at radius 3 is 2.86 bits per heavy atom. The molecule has 5 heteroatoms. The van der Waals surface area contributed by atoms with Gasteiger partial charge in [-0.3, -0.25) is 9.79 Å². The molecule has 1 heterocycles.